The van der Waals surface area contributed by atoms with Gasteiger partial charge in [0.2, 0.25) is 0 Å². The van der Waals surface area contributed by atoms with Crippen molar-refractivity contribution in [2.75, 3.05) is 37.4 Å². The molecule has 5 heteroatoms. The number of nitrogens with one attached hydrogen (secondary N) is 2. The Morgan fingerprint density at radius 2 is 1.44 bits per heavy atom. The second-order valence-corrected chi connectivity index (χ2v) is 6.26. The van der Waals surface area contributed by atoms with Crippen molar-refractivity contribution in [2.45, 2.75) is 12.8 Å². The lowest BCUT2D eigenvalue weighted by molar-refractivity contribution is 0.198. The molecule has 0 aliphatic carbocycles. The van der Waals surface area contributed by atoms with Crippen LogP contribution in [0.15, 0.2) is 66.7 Å². The van der Waals surface area contributed by atoms with Gasteiger partial charge in [-0.1, -0.05) is 60.7 Å². The van der Waals surface area contributed by atoms with Crippen molar-refractivity contribution < 1.29 is 4.74 Å². The van der Waals surface area contributed by atoms with E-state index in [2.05, 4.69) is 39.9 Å². The van der Waals surface area contributed by atoms with Gasteiger partial charge in [0, 0.05) is 38.4 Å². The number of benzene rings is 2. The van der Waals surface area contributed by atoms with Crippen LogP contribution in [0.5, 0.6) is 0 Å². The first-order chi connectivity index (χ1) is 13.3. The molecule has 27 heavy (non-hydrogen) atoms. The van der Waals surface area contributed by atoms with Crippen molar-refractivity contribution >= 4 is 11.6 Å². The topological polar surface area (TPSA) is 59.1 Å². The van der Waals surface area contributed by atoms with Gasteiger partial charge in [-0.15, -0.1) is 0 Å². The molecule has 0 saturated carbocycles. The average molecular weight is 362 g/mol. The largest absolute Gasteiger partial charge is 0.385 e. The molecule has 1 heterocycles. The Kier molecular flexibility index (Phi) is 7.18. The van der Waals surface area contributed by atoms with Crippen LogP contribution < -0.4 is 10.6 Å². The van der Waals surface area contributed by atoms with Crippen LogP contribution in [-0.4, -0.2) is 36.8 Å². The van der Waals surface area contributed by atoms with E-state index in [-0.39, 0.29) is 0 Å². The van der Waals surface area contributed by atoms with E-state index in [9.17, 15) is 0 Å². The first kappa shape index (κ1) is 18.9. The average Bonchev–Trinajstić information content (AvgIpc) is 2.73. The molecule has 0 bridgehead atoms. The predicted molar refractivity (Wildman–Crippen MR) is 111 cm³/mol. The molecule has 3 aromatic rings. The fourth-order valence-electron chi connectivity index (χ4n) is 2.76. The number of anilines is 2. The summed E-state index contributed by atoms with van der Waals surface area (Å²) in [4.78, 5) is 9.36. The van der Waals surface area contributed by atoms with E-state index in [1.54, 1.807) is 7.11 Å². The monoisotopic (exact) mass is 362 g/mol. The molecule has 2 aromatic carbocycles. The molecule has 5 nitrogen and oxygen atoms in total. The van der Waals surface area contributed by atoms with E-state index >= 15 is 0 Å². The first-order valence-electron chi connectivity index (χ1n) is 9.30. The van der Waals surface area contributed by atoms with Gasteiger partial charge in [0.15, 0.2) is 5.82 Å². The third-order valence-corrected chi connectivity index (χ3v) is 4.15. The van der Waals surface area contributed by atoms with Crippen LogP contribution in [0, 0.1) is 0 Å². The lowest BCUT2D eigenvalue weighted by Crippen LogP contribution is -2.10. The zero-order valence-corrected chi connectivity index (χ0v) is 15.7. The molecular formula is C22H26N4O. The van der Waals surface area contributed by atoms with Gasteiger partial charge in [0.05, 0.1) is 0 Å². The van der Waals surface area contributed by atoms with Gasteiger partial charge < -0.3 is 15.4 Å². The first-order valence-corrected chi connectivity index (χ1v) is 9.30. The highest BCUT2D eigenvalue weighted by molar-refractivity contribution is 5.61. The minimum absolute atomic E-state index is 0.717. The Balaban J connectivity index is 1.70. The molecule has 2 N–H and O–H groups in total. The van der Waals surface area contributed by atoms with Crippen LogP contribution in [-0.2, 0) is 11.2 Å². The van der Waals surface area contributed by atoms with E-state index in [1.165, 1.54) is 5.56 Å². The Morgan fingerprint density at radius 1 is 0.815 bits per heavy atom. The molecule has 0 saturated heterocycles. The van der Waals surface area contributed by atoms with Crippen LogP contribution in [0.4, 0.5) is 11.6 Å². The van der Waals surface area contributed by atoms with Crippen molar-refractivity contribution in [2.24, 2.45) is 0 Å². The summed E-state index contributed by atoms with van der Waals surface area (Å²) in [6.07, 6.45) is 1.88. The summed E-state index contributed by atoms with van der Waals surface area (Å²) in [6.45, 7) is 2.35. The molecule has 0 radical (unpaired) electrons. The fraction of sp³-hybridized carbons (Fsp3) is 0.273. The molecule has 0 atom stereocenters. The molecule has 0 aliphatic rings. The minimum Gasteiger partial charge on any atom is -0.385 e. The highest BCUT2D eigenvalue weighted by Gasteiger charge is 2.07. The molecule has 0 amide bonds. The minimum atomic E-state index is 0.717. The summed E-state index contributed by atoms with van der Waals surface area (Å²) < 4.78 is 5.11. The zero-order valence-electron chi connectivity index (χ0n) is 15.7. The van der Waals surface area contributed by atoms with Crippen molar-refractivity contribution in [3.8, 4) is 11.4 Å². The van der Waals surface area contributed by atoms with Gasteiger partial charge in [-0.25, -0.2) is 9.97 Å². The third kappa shape index (κ3) is 6.08. The van der Waals surface area contributed by atoms with Crippen LogP contribution in [0.1, 0.15) is 12.0 Å². The summed E-state index contributed by atoms with van der Waals surface area (Å²) in [5.41, 5.74) is 2.31. The van der Waals surface area contributed by atoms with E-state index in [0.717, 1.165) is 55.6 Å². The number of rotatable bonds is 10. The van der Waals surface area contributed by atoms with Gasteiger partial charge in [-0.3, -0.25) is 0 Å². The normalized spacial score (nSPS) is 10.6. The Bertz CT molecular complexity index is 809. The summed E-state index contributed by atoms with van der Waals surface area (Å²) in [5.74, 6) is 2.37. The van der Waals surface area contributed by atoms with E-state index in [4.69, 9.17) is 9.72 Å². The zero-order chi connectivity index (χ0) is 18.7. The molecule has 0 unspecified atom stereocenters. The highest BCUT2D eigenvalue weighted by Crippen LogP contribution is 2.20. The van der Waals surface area contributed by atoms with Crippen LogP contribution in [0.2, 0.25) is 0 Å². The van der Waals surface area contributed by atoms with Gasteiger partial charge >= 0.3 is 0 Å². The quantitative estimate of drug-likeness (QED) is 0.528. The van der Waals surface area contributed by atoms with Gasteiger partial charge in [0.1, 0.15) is 11.6 Å². The SMILES string of the molecule is COCCCNc1cc(NCCc2ccccc2)nc(-c2ccccc2)n1. The van der Waals surface area contributed by atoms with Crippen LogP contribution >= 0.6 is 0 Å². The summed E-state index contributed by atoms with van der Waals surface area (Å²) in [6, 6.07) is 22.5. The van der Waals surface area contributed by atoms with Crippen LogP contribution in [0.25, 0.3) is 11.4 Å². The third-order valence-electron chi connectivity index (χ3n) is 4.15. The maximum Gasteiger partial charge on any atom is 0.163 e. The summed E-state index contributed by atoms with van der Waals surface area (Å²) in [7, 11) is 1.72. The van der Waals surface area contributed by atoms with Crippen molar-refractivity contribution in [3.05, 3.63) is 72.3 Å². The number of nitrogens with zero attached hydrogens (tertiary/aromatic N) is 2. The molecule has 1 aromatic heterocycles. The lowest BCUT2D eigenvalue weighted by atomic mass is 10.1. The molecule has 140 valence electrons. The van der Waals surface area contributed by atoms with Gasteiger partial charge in [0.25, 0.3) is 0 Å². The van der Waals surface area contributed by atoms with Crippen molar-refractivity contribution in [1.82, 2.24) is 9.97 Å². The molecule has 0 aliphatic heterocycles. The standard InChI is InChI=1S/C22H26N4O/c1-27-16-8-14-23-20-17-21(24-15-13-18-9-4-2-5-10-18)26-22(25-20)19-11-6-3-7-12-19/h2-7,9-12,17H,8,13-16H2,1H3,(H2,23,24,25,26). The van der Waals surface area contributed by atoms with E-state index < -0.39 is 0 Å². The van der Waals surface area contributed by atoms with E-state index in [1.807, 2.05) is 42.5 Å². The number of hydrogen-bond donors (Lipinski definition) is 2. The van der Waals surface area contributed by atoms with Crippen molar-refractivity contribution in [3.63, 3.8) is 0 Å². The Labute approximate surface area is 160 Å². The second kappa shape index (κ2) is 10.3. The maximum atomic E-state index is 5.11. The van der Waals surface area contributed by atoms with E-state index in [0.29, 0.717) is 0 Å². The molecule has 0 spiro atoms. The summed E-state index contributed by atoms with van der Waals surface area (Å²) >= 11 is 0. The Morgan fingerprint density at radius 3 is 2.11 bits per heavy atom. The highest BCUT2D eigenvalue weighted by atomic mass is 16.5. The van der Waals surface area contributed by atoms with Gasteiger partial charge in [-0.05, 0) is 18.4 Å². The predicted octanol–water partition coefficient (Wildman–Crippen LogP) is 4.25. The van der Waals surface area contributed by atoms with Gasteiger partial charge in [-0.2, -0.15) is 0 Å². The number of methoxy groups -OCH3 is 1. The van der Waals surface area contributed by atoms with Crippen LogP contribution in [0.3, 0.4) is 0 Å². The number of hydrogen-bond acceptors (Lipinski definition) is 5. The Hall–Kier alpha value is -2.92. The smallest absolute Gasteiger partial charge is 0.163 e. The summed E-state index contributed by atoms with van der Waals surface area (Å²) in [5, 5.41) is 6.80. The molecule has 0 fully saturated rings. The molecular weight excluding hydrogens is 336 g/mol. The fourth-order valence-corrected chi connectivity index (χ4v) is 2.76. The molecule has 3 rings (SSSR count). The maximum absolute atomic E-state index is 5.11. The number of ether oxygens (including phenoxy) is 1. The number of aromatic nitrogens is 2. The lowest BCUT2D eigenvalue weighted by Gasteiger charge is -2.12. The van der Waals surface area contributed by atoms with Crippen molar-refractivity contribution in [1.29, 1.82) is 0 Å². The second-order valence-electron chi connectivity index (χ2n) is 6.26.